The van der Waals surface area contributed by atoms with E-state index in [1.54, 1.807) is 6.92 Å². The quantitative estimate of drug-likeness (QED) is 0.594. The van der Waals surface area contributed by atoms with Gasteiger partial charge in [0.1, 0.15) is 6.23 Å². The Morgan fingerprint density at radius 3 is 2.42 bits per heavy atom. The first-order chi connectivity index (χ1) is 5.46. The van der Waals surface area contributed by atoms with E-state index in [1.165, 1.54) is 22.7 Å². The molecule has 1 fully saturated rings. The molecule has 1 aliphatic rings. The van der Waals surface area contributed by atoms with Crippen LogP contribution in [0.3, 0.4) is 0 Å². The number of nitrogens with zero attached hydrogens (tertiary/aromatic N) is 2. The summed E-state index contributed by atoms with van der Waals surface area (Å²) in [5.41, 5.74) is 0. The molecule has 0 amide bonds. The third kappa shape index (κ3) is 1.61. The normalized spacial score (nSPS) is 26.8. The van der Waals surface area contributed by atoms with E-state index in [0.717, 1.165) is 0 Å². The Morgan fingerprint density at radius 1 is 1.50 bits per heavy atom. The number of hydrogen-bond acceptors (Lipinski definition) is 3. The minimum absolute atomic E-state index is 0.336. The highest BCUT2D eigenvalue weighted by atomic mass is 32.2. The van der Waals surface area contributed by atoms with Gasteiger partial charge in [0, 0.05) is 20.6 Å². The Kier molecular flexibility index (Phi) is 2.72. The fourth-order valence-corrected chi connectivity index (χ4v) is 2.25. The molecule has 0 N–H and O–H groups in total. The Hall–Kier alpha value is -0.170. The molecule has 0 bridgehead atoms. The molecule has 12 heavy (non-hydrogen) atoms. The first kappa shape index (κ1) is 9.91. The summed E-state index contributed by atoms with van der Waals surface area (Å²) >= 11 is 0. The highest BCUT2D eigenvalue weighted by Crippen LogP contribution is 2.15. The van der Waals surface area contributed by atoms with Crippen LogP contribution in [0, 0.1) is 0 Å². The van der Waals surface area contributed by atoms with Gasteiger partial charge >= 0.3 is 0 Å². The van der Waals surface area contributed by atoms with Gasteiger partial charge in [0.05, 0.1) is 6.61 Å². The molecule has 1 heterocycles. The smallest absolute Gasteiger partial charge is 0.283 e. The van der Waals surface area contributed by atoms with Crippen LogP contribution in [0.5, 0.6) is 0 Å². The molecule has 1 aliphatic heterocycles. The third-order valence-electron chi connectivity index (χ3n) is 1.83. The molecule has 0 spiro atoms. The Labute approximate surface area is 73.1 Å². The fraction of sp³-hybridized carbons (Fsp3) is 1.00. The summed E-state index contributed by atoms with van der Waals surface area (Å²) in [6.45, 7) is 2.66. The van der Waals surface area contributed by atoms with Crippen LogP contribution in [-0.4, -0.2) is 50.5 Å². The molecule has 1 rings (SSSR count). The summed E-state index contributed by atoms with van der Waals surface area (Å²) in [5.74, 6) is 0. The van der Waals surface area contributed by atoms with Crippen LogP contribution in [0.25, 0.3) is 0 Å². The van der Waals surface area contributed by atoms with E-state index in [0.29, 0.717) is 13.2 Å². The van der Waals surface area contributed by atoms with Gasteiger partial charge in [0.15, 0.2) is 0 Å². The Balaban J connectivity index is 2.82. The average molecular weight is 194 g/mol. The molecule has 0 aromatic heterocycles. The highest BCUT2D eigenvalue weighted by Gasteiger charge is 2.33. The van der Waals surface area contributed by atoms with E-state index in [2.05, 4.69) is 0 Å². The summed E-state index contributed by atoms with van der Waals surface area (Å²) in [6, 6.07) is 0. The van der Waals surface area contributed by atoms with Gasteiger partial charge in [0.2, 0.25) is 0 Å². The van der Waals surface area contributed by atoms with Crippen LogP contribution in [0.1, 0.15) is 6.92 Å². The minimum Gasteiger partial charge on any atom is -0.361 e. The molecule has 0 aliphatic carbocycles. The van der Waals surface area contributed by atoms with Crippen molar-refractivity contribution in [1.29, 1.82) is 0 Å². The highest BCUT2D eigenvalue weighted by molar-refractivity contribution is 7.86. The SMILES string of the molecule is CC1OCCN1S(=O)(=O)N(C)C. The van der Waals surface area contributed by atoms with E-state index in [9.17, 15) is 8.42 Å². The van der Waals surface area contributed by atoms with Crippen molar-refractivity contribution in [1.82, 2.24) is 8.61 Å². The molecule has 1 saturated heterocycles. The van der Waals surface area contributed by atoms with Crippen molar-refractivity contribution in [3.05, 3.63) is 0 Å². The van der Waals surface area contributed by atoms with E-state index in [-0.39, 0.29) is 6.23 Å². The maximum absolute atomic E-state index is 11.5. The van der Waals surface area contributed by atoms with Gasteiger partial charge in [0.25, 0.3) is 10.2 Å². The zero-order valence-corrected chi connectivity index (χ0v) is 8.34. The minimum atomic E-state index is -3.28. The molecule has 5 nitrogen and oxygen atoms in total. The van der Waals surface area contributed by atoms with Gasteiger partial charge in [-0.05, 0) is 6.92 Å². The van der Waals surface area contributed by atoms with Gasteiger partial charge in [-0.15, -0.1) is 0 Å². The maximum Gasteiger partial charge on any atom is 0.283 e. The number of rotatable bonds is 2. The summed E-state index contributed by atoms with van der Waals surface area (Å²) in [7, 11) is -0.256. The molecule has 72 valence electrons. The Morgan fingerprint density at radius 2 is 2.08 bits per heavy atom. The predicted octanol–water partition coefficient (Wildman–Crippen LogP) is -0.529. The molecule has 1 atom stereocenters. The van der Waals surface area contributed by atoms with Crippen molar-refractivity contribution in [2.75, 3.05) is 27.2 Å². The van der Waals surface area contributed by atoms with Crippen LogP contribution in [-0.2, 0) is 14.9 Å². The molecule has 0 aromatic rings. The summed E-state index contributed by atoms with van der Waals surface area (Å²) in [5, 5.41) is 0. The lowest BCUT2D eigenvalue weighted by molar-refractivity contribution is 0.0827. The second kappa shape index (κ2) is 3.29. The van der Waals surface area contributed by atoms with E-state index < -0.39 is 10.2 Å². The molecule has 0 aromatic carbocycles. The first-order valence-corrected chi connectivity index (χ1v) is 5.17. The van der Waals surface area contributed by atoms with Gasteiger partial charge in [-0.1, -0.05) is 0 Å². The second-order valence-electron chi connectivity index (χ2n) is 2.87. The summed E-state index contributed by atoms with van der Waals surface area (Å²) in [4.78, 5) is 0. The summed E-state index contributed by atoms with van der Waals surface area (Å²) in [6.07, 6.45) is -0.336. The largest absolute Gasteiger partial charge is 0.361 e. The van der Waals surface area contributed by atoms with Crippen molar-refractivity contribution in [2.24, 2.45) is 0 Å². The van der Waals surface area contributed by atoms with Gasteiger partial charge in [-0.3, -0.25) is 0 Å². The van der Waals surface area contributed by atoms with Gasteiger partial charge < -0.3 is 4.74 Å². The lowest BCUT2D eigenvalue weighted by Gasteiger charge is -2.22. The fourth-order valence-electron chi connectivity index (χ4n) is 1.09. The Bertz CT molecular complexity index is 250. The molecule has 0 saturated carbocycles. The standard InChI is InChI=1S/C6H14N2O3S/c1-6-8(4-5-11-6)12(9,10)7(2)3/h6H,4-5H2,1-3H3. The van der Waals surface area contributed by atoms with Crippen LogP contribution in [0.4, 0.5) is 0 Å². The zero-order valence-electron chi connectivity index (χ0n) is 7.52. The topological polar surface area (TPSA) is 49.9 Å². The number of ether oxygens (including phenoxy) is 1. The van der Waals surface area contributed by atoms with E-state index in [1.807, 2.05) is 0 Å². The molecule has 1 unspecified atom stereocenters. The first-order valence-electron chi connectivity index (χ1n) is 3.77. The molecule has 0 radical (unpaired) electrons. The molecular formula is C6H14N2O3S. The molecule has 6 heteroatoms. The van der Waals surface area contributed by atoms with Crippen LogP contribution in [0.15, 0.2) is 0 Å². The van der Waals surface area contributed by atoms with E-state index >= 15 is 0 Å². The van der Waals surface area contributed by atoms with Crippen molar-refractivity contribution >= 4 is 10.2 Å². The van der Waals surface area contributed by atoms with Crippen molar-refractivity contribution < 1.29 is 13.2 Å². The third-order valence-corrected chi connectivity index (χ3v) is 3.83. The van der Waals surface area contributed by atoms with Crippen molar-refractivity contribution in [2.45, 2.75) is 13.2 Å². The lowest BCUT2D eigenvalue weighted by atomic mass is 10.7. The lowest BCUT2D eigenvalue weighted by Crippen LogP contribution is -2.42. The van der Waals surface area contributed by atoms with Gasteiger partial charge in [-0.2, -0.15) is 17.0 Å². The summed E-state index contributed by atoms with van der Waals surface area (Å²) < 4.78 is 30.7. The van der Waals surface area contributed by atoms with E-state index in [4.69, 9.17) is 4.74 Å². The monoisotopic (exact) mass is 194 g/mol. The van der Waals surface area contributed by atoms with Crippen LogP contribution >= 0.6 is 0 Å². The van der Waals surface area contributed by atoms with Crippen LogP contribution in [0.2, 0.25) is 0 Å². The molecular weight excluding hydrogens is 180 g/mol. The van der Waals surface area contributed by atoms with Gasteiger partial charge in [-0.25, -0.2) is 0 Å². The predicted molar refractivity (Wildman–Crippen MR) is 44.7 cm³/mol. The van der Waals surface area contributed by atoms with Crippen molar-refractivity contribution in [3.8, 4) is 0 Å². The van der Waals surface area contributed by atoms with Crippen molar-refractivity contribution in [3.63, 3.8) is 0 Å². The number of hydrogen-bond donors (Lipinski definition) is 0. The van der Waals surface area contributed by atoms with Crippen LogP contribution < -0.4 is 0 Å². The average Bonchev–Trinajstić information content (AvgIpc) is 2.35. The maximum atomic E-state index is 11.5. The second-order valence-corrected chi connectivity index (χ2v) is 4.97. The zero-order chi connectivity index (χ0) is 9.35.